The SMILES string of the molecule is CC(=O)c1nnc(-c2ccncc2)o1. The number of Topliss-reactive ketones (excluding diaryl/α,β-unsaturated/α-hetero) is 1. The Bertz CT molecular complexity index is 450. The molecule has 2 heterocycles. The minimum Gasteiger partial charge on any atom is -0.414 e. The zero-order valence-corrected chi connectivity index (χ0v) is 7.47. The largest absolute Gasteiger partial charge is 0.414 e. The van der Waals surface area contributed by atoms with Gasteiger partial charge in [0.25, 0.3) is 5.89 Å². The number of hydrogen-bond acceptors (Lipinski definition) is 5. The number of aromatic nitrogens is 3. The van der Waals surface area contributed by atoms with Crippen molar-refractivity contribution >= 4 is 5.78 Å². The van der Waals surface area contributed by atoms with E-state index in [1.165, 1.54) is 6.92 Å². The van der Waals surface area contributed by atoms with E-state index in [0.29, 0.717) is 5.89 Å². The number of ketones is 1. The van der Waals surface area contributed by atoms with E-state index in [4.69, 9.17) is 4.42 Å². The minimum absolute atomic E-state index is 0.0248. The summed E-state index contributed by atoms with van der Waals surface area (Å²) in [5, 5.41) is 7.35. The van der Waals surface area contributed by atoms with Gasteiger partial charge in [-0.3, -0.25) is 9.78 Å². The zero-order valence-electron chi connectivity index (χ0n) is 7.47. The fraction of sp³-hybridized carbons (Fsp3) is 0.111. The molecule has 0 aliphatic carbocycles. The highest BCUT2D eigenvalue weighted by Crippen LogP contribution is 2.15. The van der Waals surface area contributed by atoms with Crippen LogP contribution in [0.1, 0.15) is 17.6 Å². The summed E-state index contributed by atoms with van der Waals surface area (Å²) in [5.41, 5.74) is 0.750. The summed E-state index contributed by atoms with van der Waals surface area (Å²) >= 11 is 0. The molecule has 0 bridgehead atoms. The van der Waals surface area contributed by atoms with Gasteiger partial charge in [0, 0.05) is 24.9 Å². The number of carbonyl (C=O) groups excluding carboxylic acids is 1. The van der Waals surface area contributed by atoms with Crippen molar-refractivity contribution < 1.29 is 9.21 Å². The van der Waals surface area contributed by atoms with E-state index >= 15 is 0 Å². The second-order valence-corrected chi connectivity index (χ2v) is 2.70. The highest BCUT2D eigenvalue weighted by atomic mass is 16.4. The molecule has 5 heteroatoms. The van der Waals surface area contributed by atoms with E-state index in [1.807, 2.05) is 0 Å². The summed E-state index contributed by atoms with van der Waals surface area (Å²) in [5.74, 6) is 0.118. The van der Waals surface area contributed by atoms with Crippen LogP contribution in [0.2, 0.25) is 0 Å². The van der Waals surface area contributed by atoms with Gasteiger partial charge in [0.05, 0.1) is 0 Å². The fourth-order valence-corrected chi connectivity index (χ4v) is 0.977. The number of rotatable bonds is 2. The predicted octanol–water partition coefficient (Wildman–Crippen LogP) is 1.33. The molecule has 0 aliphatic rings. The Morgan fingerprint density at radius 3 is 2.57 bits per heavy atom. The summed E-state index contributed by atoms with van der Waals surface area (Å²) < 4.78 is 5.13. The molecule has 0 spiro atoms. The van der Waals surface area contributed by atoms with Crippen molar-refractivity contribution in [1.82, 2.24) is 15.2 Å². The van der Waals surface area contributed by atoms with E-state index in [9.17, 15) is 4.79 Å². The average Bonchev–Trinajstić information content (AvgIpc) is 2.68. The normalized spacial score (nSPS) is 10.1. The molecule has 0 N–H and O–H groups in total. The third-order valence-electron chi connectivity index (χ3n) is 1.65. The lowest BCUT2D eigenvalue weighted by molar-refractivity contribution is 0.0981. The quantitative estimate of drug-likeness (QED) is 0.666. The molecule has 0 fully saturated rings. The van der Waals surface area contributed by atoms with Crippen LogP contribution >= 0.6 is 0 Å². The first kappa shape index (κ1) is 8.55. The first-order valence-electron chi connectivity index (χ1n) is 4.02. The third-order valence-corrected chi connectivity index (χ3v) is 1.65. The van der Waals surface area contributed by atoms with Gasteiger partial charge in [-0.2, -0.15) is 0 Å². The summed E-state index contributed by atoms with van der Waals surface area (Å²) in [6, 6.07) is 3.47. The molecule has 70 valence electrons. The smallest absolute Gasteiger partial charge is 0.283 e. The zero-order chi connectivity index (χ0) is 9.97. The van der Waals surface area contributed by atoms with Crippen molar-refractivity contribution in [1.29, 1.82) is 0 Å². The van der Waals surface area contributed by atoms with Gasteiger partial charge in [0.15, 0.2) is 0 Å². The highest BCUT2D eigenvalue weighted by Gasteiger charge is 2.10. The van der Waals surface area contributed by atoms with Crippen molar-refractivity contribution in [2.45, 2.75) is 6.92 Å². The molecular weight excluding hydrogens is 182 g/mol. The Hall–Kier alpha value is -2.04. The second-order valence-electron chi connectivity index (χ2n) is 2.70. The summed E-state index contributed by atoms with van der Waals surface area (Å²) in [6.07, 6.45) is 3.24. The molecule has 2 aromatic heterocycles. The second kappa shape index (κ2) is 3.37. The predicted molar refractivity (Wildman–Crippen MR) is 47.5 cm³/mol. The molecule has 0 aliphatic heterocycles. The van der Waals surface area contributed by atoms with Gasteiger partial charge in [-0.1, -0.05) is 0 Å². The lowest BCUT2D eigenvalue weighted by Gasteiger charge is -1.90. The van der Waals surface area contributed by atoms with Crippen LogP contribution in [0.4, 0.5) is 0 Å². The Morgan fingerprint density at radius 2 is 2.00 bits per heavy atom. The van der Waals surface area contributed by atoms with Crippen molar-refractivity contribution in [3.63, 3.8) is 0 Å². The van der Waals surface area contributed by atoms with E-state index < -0.39 is 0 Å². The Morgan fingerprint density at radius 1 is 1.29 bits per heavy atom. The number of hydrogen-bond donors (Lipinski definition) is 0. The molecule has 14 heavy (non-hydrogen) atoms. The van der Waals surface area contributed by atoms with E-state index in [2.05, 4.69) is 15.2 Å². The van der Waals surface area contributed by atoms with E-state index in [0.717, 1.165) is 5.56 Å². The molecule has 0 atom stereocenters. The Kier molecular flexibility index (Phi) is 2.06. The average molecular weight is 189 g/mol. The van der Waals surface area contributed by atoms with Crippen molar-refractivity contribution in [3.05, 3.63) is 30.4 Å². The lowest BCUT2D eigenvalue weighted by atomic mass is 10.3. The van der Waals surface area contributed by atoms with Gasteiger partial charge in [0.2, 0.25) is 11.7 Å². The van der Waals surface area contributed by atoms with Crippen LogP contribution < -0.4 is 0 Å². The van der Waals surface area contributed by atoms with Crippen LogP contribution in [0, 0.1) is 0 Å². The molecule has 5 nitrogen and oxygen atoms in total. The summed E-state index contributed by atoms with van der Waals surface area (Å²) in [7, 11) is 0. The molecule has 0 amide bonds. The maximum atomic E-state index is 10.9. The van der Waals surface area contributed by atoms with Crippen molar-refractivity contribution in [3.8, 4) is 11.5 Å². The van der Waals surface area contributed by atoms with Gasteiger partial charge >= 0.3 is 0 Å². The summed E-state index contributed by atoms with van der Waals surface area (Å²) in [4.78, 5) is 14.7. The van der Waals surface area contributed by atoms with Crippen LogP contribution in [-0.2, 0) is 0 Å². The molecule has 0 saturated heterocycles. The topological polar surface area (TPSA) is 68.9 Å². The van der Waals surface area contributed by atoms with Crippen molar-refractivity contribution in [2.75, 3.05) is 0 Å². The van der Waals surface area contributed by atoms with Crippen LogP contribution in [-0.4, -0.2) is 21.0 Å². The van der Waals surface area contributed by atoms with Gasteiger partial charge in [0.1, 0.15) is 0 Å². The minimum atomic E-state index is -0.238. The number of pyridine rings is 1. The fourth-order valence-electron chi connectivity index (χ4n) is 0.977. The molecule has 0 saturated carbocycles. The van der Waals surface area contributed by atoms with Crippen LogP contribution in [0.15, 0.2) is 28.9 Å². The molecule has 0 unspecified atom stereocenters. The van der Waals surface area contributed by atoms with Crippen LogP contribution in [0.3, 0.4) is 0 Å². The molecular formula is C9H7N3O2. The van der Waals surface area contributed by atoms with Gasteiger partial charge in [-0.25, -0.2) is 0 Å². The van der Waals surface area contributed by atoms with Gasteiger partial charge < -0.3 is 4.42 Å². The molecule has 2 aromatic rings. The van der Waals surface area contributed by atoms with Gasteiger partial charge in [-0.05, 0) is 12.1 Å². The Labute approximate surface area is 79.8 Å². The number of carbonyl (C=O) groups is 1. The van der Waals surface area contributed by atoms with E-state index in [-0.39, 0.29) is 11.7 Å². The van der Waals surface area contributed by atoms with Crippen LogP contribution in [0.5, 0.6) is 0 Å². The highest BCUT2D eigenvalue weighted by molar-refractivity contribution is 5.89. The molecule has 0 radical (unpaired) electrons. The standard InChI is InChI=1S/C9H7N3O2/c1-6(13)8-11-12-9(14-8)7-2-4-10-5-3-7/h2-5H,1H3. The molecule has 0 aromatic carbocycles. The first-order chi connectivity index (χ1) is 6.77. The van der Waals surface area contributed by atoms with E-state index in [1.54, 1.807) is 24.5 Å². The summed E-state index contributed by atoms with van der Waals surface area (Å²) in [6.45, 7) is 1.38. The van der Waals surface area contributed by atoms with Gasteiger partial charge in [-0.15, -0.1) is 10.2 Å². The van der Waals surface area contributed by atoms with Crippen LogP contribution in [0.25, 0.3) is 11.5 Å². The number of nitrogens with zero attached hydrogens (tertiary/aromatic N) is 3. The third kappa shape index (κ3) is 1.52. The Balaban J connectivity index is 2.39. The van der Waals surface area contributed by atoms with Crippen molar-refractivity contribution in [2.24, 2.45) is 0 Å². The maximum absolute atomic E-state index is 10.9. The monoisotopic (exact) mass is 189 g/mol. The maximum Gasteiger partial charge on any atom is 0.283 e. The first-order valence-corrected chi connectivity index (χ1v) is 4.02. The lowest BCUT2D eigenvalue weighted by Crippen LogP contribution is -1.90. The molecule has 2 rings (SSSR count).